The van der Waals surface area contributed by atoms with Crippen molar-refractivity contribution in [3.8, 4) is 0 Å². The van der Waals surface area contributed by atoms with Gasteiger partial charge in [-0.2, -0.15) is 0 Å². The zero-order chi connectivity index (χ0) is 8.81. The van der Waals surface area contributed by atoms with E-state index >= 15 is 0 Å². The molecule has 1 aliphatic rings. The van der Waals surface area contributed by atoms with Crippen LogP contribution in [0.1, 0.15) is 6.92 Å². The molecule has 6 N–H and O–H groups in total. The lowest BCUT2D eigenvalue weighted by Gasteiger charge is -2.26. The molecule has 1 saturated carbocycles. The van der Waals surface area contributed by atoms with E-state index in [0.717, 1.165) is 0 Å². The van der Waals surface area contributed by atoms with Crippen LogP contribution in [0, 0.1) is 0 Å². The van der Waals surface area contributed by atoms with E-state index in [2.05, 4.69) is 0 Å². The highest BCUT2D eigenvalue weighted by atomic mass is 16.4. The number of rotatable bonds is 0. The first-order valence-electron chi connectivity index (χ1n) is 3.40. The monoisotopic (exact) mass is 163 g/mol. The average molecular weight is 163 g/mol. The minimum absolute atomic E-state index is 1.28. The summed E-state index contributed by atoms with van der Waals surface area (Å²) >= 11 is 0. The number of aliphatic hydroxyl groups is 4. The Balaban J connectivity index is 2.87. The number of hydrogen-bond donors (Lipinski definition) is 5. The first-order valence-corrected chi connectivity index (χ1v) is 3.40. The van der Waals surface area contributed by atoms with Crippen LogP contribution in [0.25, 0.3) is 0 Å². The fraction of sp³-hybridized carbons (Fsp3) is 1.00. The second-order valence-corrected chi connectivity index (χ2v) is 3.24. The zero-order valence-electron chi connectivity index (χ0n) is 6.18. The summed E-state index contributed by atoms with van der Waals surface area (Å²) in [6.45, 7) is 1.38. The standard InChI is InChI=1S/C6H13NO4/c1-6(7)4(10)2(8)3(9)5(6)11/h2-5,8-11H,7H2,1H3/t2-,3+,4-,5-,6?/m0/s1. The number of hydrogen-bond acceptors (Lipinski definition) is 5. The number of nitrogens with two attached hydrogens (primary N) is 1. The molecule has 0 aromatic rings. The molecule has 0 amide bonds. The molecule has 1 rings (SSSR count). The largest absolute Gasteiger partial charge is 0.388 e. The molecule has 0 aromatic carbocycles. The molecule has 0 saturated heterocycles. The van der Waals surface area contributed by atoms with Gasteiger partial charge in [0.1, 0.15) is 24.4 Å². The third-order valence-corrected chi connectivity index (χ3v) is 2.27. The second kappa shape index (κ2) is 2.40. The van der Waals surface area contributed by atoms with Gasteiger partial charge < -0.3 is 26.2 Å². The van der Waals surface area contributed by atoms with Crippen molar-refractivity contribution in [1.82, 2.24) is 0 Å². The highest BCUT2D eigenvalue weighted by Gasteiger charge is 2.54. The lowest BCUT2D eigenvalue weighted by atomic mass is 9.97. The van der Waals surface area contributed by atoms with Gasteiger partial charge in [-0.3, -0.25) is 0 Å². The molecule has 0 radical (unpaired) electrons. The summed E-state index contributed by atoms with van der Waals surface area (Å²) in [5.74, 6) is 0. The zero-order valence-corrected chi connectivity index (χ0v) is 6.18. The summed E-state index contributed by atoms with van der Waals surface area (Å²) in [7, 11) is 0. The average Bonchev–Trinajstić information content (AvgIpc) is 2.06. The Hall–Kier alpha value is -0.200. The fourth-order valence-corrected chi connectivity index (χ4v) is 1.28. The van der Waals surface area contributed by atoms with E-state index in [-0.39, 0.29) is 0 Å². The second-order valence-electron chi connectivity index (χ2n) is 3.24. The van der Waals surface area contributed by atoms with E-state index < -0.39 is 30.0 Å². The SMILES string of the molecule is CC1(N)[C@@H](O)[C@H](O)[C@H](O)[C@@H]1O. The number of aliphatic hydroxyl groups excluding tert-OH is 4. The van der Waals surface area contributed by atoms with Crippen molar-refractivity contribution in [3.05, 3.63) is 0 Å². The summed E-state index contributed by atoms with van der Waals surface area (Å²) in [6, 6.07) is 0. The van der Waals surface area contributed by atoms with Crippen LogP contribution in [-0.4, -0.2) is 50.4 Å². The van der Waals surface area contributed by atoms with E-state index in [9.17, 15) is 10.2 Å². The molecule has 5 nitrogen and oxygen atoms in total. The molecule has 0 spiro atoms. The van der Waals surface area contributed by atoms with E-state index in [1.165, 1.54) is 6.92 Å². The molecule has 1 aliphatic carbocycles. The van der Waals surface area contributed by atoms with Crippen molar-refractivity contribution in [2.24, 2.45) is 5.73 Å². The molecule has 0 aliphatic heterocycles. The van der Waals surface area contributed by atoms with Gasteiger partial charge in [0.25, 0.3) is 0 Å². The Labute approximate surface area is 64.1 Å². The van der Waals surface area contributed by atoms with Gasteiger partial charge in [-0.1, -0.05) is 0 Å². The van der Waals surface area contributed by atoms with Crippen LogP contribution in [0.3, 0.4) is 0 Å². The van der Waals surface area contributed by atoms with Crippen molar-refractivity contribution in [2.45, 2.75) is 36.9 Å². The Morgan fingerprint density at radius 3 is 1.36 bits per heavy atom. The minimum Gasteiger partial charge on any atom is -0.388 e. The third kappa shape index (κ3) is 1.05. The van der Waals surface area contributed by atoms with Crippen LogP contribution in [0.15, 0.2) is 0 Å². The smallest absolute Gasteiger partial charge is 0.110 e. The van der Waals surface area contributed by atoms with Gasteiger partial charge >= 0.3 is 0 Å². The maximum absolute atomic E-state index is 9.17. The highest BCUT2D eigenvalue weighted by molar-refractivity contribution is 5.09. The molecule has 1 unspecified atom stereocenters. The molecule has 66 valence electrons. The molecule has 11 heavy (non-hydrogen) atoms. The van der Waals surface area contributed by atoms with Gasteiger partial charge in [0.05, 0.1) is 5.54 Å². The van der Waals surface area contributed by atoms with Crippen LogP contribution in [-0.2, 0) is 0 Å². The van der Waals surface area contributed by atoms with Crippen molar-refractivity contribution in [1.29, 1.82) is 0 Å². The summed E-state index contributed by atoms with van der Waals surface area (Å²) in [5, 5.41) is 36.4. The van der Waals surface area contributed by atoms with Crippen molar-refractivity contribution in [3.63, 3.8) is 0 Å². The quantitative estimate of drug-likeness (QED) is 0.264. The van der Waals surface area contributed by atoms with Gasteiger partial charge in [-0.15, -0.1) is 0 Å². The maximum atomic E-state index is 9.17. The highest BCUT2D eigenvalue weighted by Crippen LogP contribution is 2.28. The normalized spacial score (nSPS) is 58.4. The van der Waals surface area contributed by atoms with Crippen molar-refractivity contribution < 1.29 is 20.4 Å². The van der Waals surface area contributed by atoms with Crippen molar-refractivity contribution >= 4 is 0 Å². The fourth-order valence-electron chi connectivity index (χ4n) is 1.28. The van der Waals surface area contributed by atoms with E-state index in [4.69, 9.17) is 15.9 Å². The van der Waals surface area contributed by atoms with Gasteiger partial charge in [-0.25, -0.2) is 0 Å². The third-order valence-electron chi connectivity index (χ3n) is 2.27. The summed E-state index contributed by atoms with van der Waals surface area (Å²) in [5.41, 5.74) is 4.09. The van der Waals surface area contributed by atoms with Gasteiger partial charge in [0.15, 0.2) is 0 Å². The first kappa shape index (κ1) is 8.89. The van der Waals surface area contributed by atoms with Gasteiger partial charge in [0.2, 0.25) is 0 Å². The summed E-state index contributed by atoms with van der Waals surface area (Å²) in [4.78, 5) is 0. The molecular weight excluding hydrogens is 150 g/mol. The molecule has 5 atom stereocenters. The Morgan fingerprint density at radius 2 is 1.27 bits per heavy atom. The van der Waals surface area contributed by atoms with E-state index in [1.54, 1.807) is 0 Å². The Kier molecular flexibility index (Phi) is 1.94. The van der Waals surface area contributed by atoms with Crippen LogP contribution in [0.5, 0.6) is 0 Å². The summed E-state index contributed by atoms with van der Waals surface area (Å²) in [6.07, 6.45) is -5.29. The molecule has 0 bridgehead atoms. The van der Waals surface area contributed by atoms with Crippen molar-refractivity contribution in [2.75, 3.05) is 0 Å². The van der Waals surface area contributed by atoms with E-state index in [0.29, 0.717) is 0 Å². The molecule has 0 aromatic heterocycles. The lowest BCUT2D eigenvalue weighted by molar-refractivity contribution is -0.0413. The maximum Gasteiger partial charge on any atom is 0.110 e. The molecule has 5 heteroatoms. The van der Waals surface area contributed by atoms with Gasteiger partial charge in [-0.05, 0) is 6.92 Å². The predicted octanol–water partition coefficient (Wildman–Crippen LogP) is -2.84. The Morgan fingerprint density at radius 1 is 1.00 bits per heavy atom. The van der Waals surface area contributed by atoms with Gasteiger partial charge in [0, 0.05) is 0 Å². The van der Waals surface area contributed by atoms with E-state index in [1.807, 2.05) is 0 Å². The predicted molar refractivity (Wildman–Crippen MR) is 36.6 cm³/mol. The topological polar surface area (TPSA) is 107 Å². The molecule has 0 heterocycles. The van der Waals surface area contributed by atoms with Crippen LogP contribution < -0.4 is 5.73 Å². The first-order chi connectivity index (χ1) is 4.89. The lowest BCUT2D eigenvalue weighted by Crippen LogP contribution is -2.53. The molecular formula is C6H13NO4. The van der Waals surface area contributed by atoms with Crippen LogP contribution >= 0.6 is 0 Å². The minimum atomic E-state index is -1.36. The van der Waals surface area contributed by atoms with Crippen LogP contribution in [0.2, 0.25) is 0 Å². The Bertz CT molecular complexity index is 145. The molecule has 1 fully saturated rings. The summed E-state index contributed by atoms with van der Waals surface area (Å²) < 4.78 is 0. The van der Waals surface area contributed by atoms with Crippen LogP contribution in [0.4, 0.5) is 0 Å².